The molecule has 0 bridgehead atoms. The maximum atomic E-state index is 12.6. The third-order valence-corrected chi connectivity index (χ3v) is 2.39. The molecule has 8 heteroatoms. The normalized spacial score (nSPS) is 14.8. The number of aliphatic hydroxyl groups excluding tert-OH is 2. The van der Waals surface area contributed by atoms with Crippen LogP contribution in [0.25, 0.3) is 0 Å². The van der Waals surface area contributed by atoms with Crippen molar-refractivity contribution in [1.82, 2.24) is 0 Å². The molecule has 0 aliphatic carbocycles. The van der Waals surface area contributed by atoms with E-state index in [1.165, 1.54) is 0 Å². The zero-order valence-corrected chi connectivity index (χ0v) is 9.68. The number of carboxylic acid groups (broad SMARTS) is 1. The largest absolute Gasteiger partial charge is 0.497 e. The maximum absolute atomic E-state index is 12.6. The molecule has 5 nitrogen and oxygen atoms in total. The number of alkyl halides is 3. The molecule has 0 spiro atoms. The molecule has 0 aliphatic heterocycles. The summed E-state index contributed by atoms with van der Waals surface area (Å²) in [5, 5.41) is 27.2. The maximum Gasteiger partial charge on any atom is 0.416 e. The summed E-state index contributed by atoms with van der Waals surface area (Å²) < 4.78 is 42.4. The number of carboxylic acids is 1. The number of rotatable bonds is 4. The minimum atomic E-state index is -4.68. The second kappa shape index (κ2) is 5.45. The lowest BCUT2D eigenvalue weighted by Crippen LogP contribution is -2.27. The van der Waals surface area contributed by atoms with Gasteiger partial charge in [0, 0.05) is 0 Å². The van der Waals surface area contributed by atoms with Gasteiger partial charge >= 0.3 is 12.1 Å². The van der Waals surface area contributed by atoms with Gasteiger partial charge in [0.05, 0.1) is 12.7 Å². The molecule has 2 atom stereocenters. The molecule has 3 N–H and O–H groups in total. The number of halogens is 3. The Bertz CT molecular complexity index is 472. The van der Waals surface area contributed by atoms with Crippen LogP contribution in [0, 0.1) is 0 Å². The number of hydrogen-bond donors (Lipinski definition) is 3. The number of hydrogen-bond acceptors (Lipinski definition) is 4. The van der Waals surface area contributed by atoms with Gasteiger partial charge < -0.3 is 20.1 Å². The van der Waals surface area contributed by atoms with Crippen molar-refractivity contribution in [3.05, 3.63) is 29.3 Å². The van der Waals surface area contributed by atoms with Gasteiger partial charge in [-0.05, 0) is 23.8 Å². The van der Waals surface area contributed by atoms with Gasteiger partial charge in [-0.25, -0.2) is 4.79 Å². The summed E-state index contributed by atoms with van der Waals surface area (Å²) in [6.45, 7) is 0. The van der Waals surface area contributed by atoms with Crippen LogP contribution in [0.1, 0.15) is 17.2 Å². The van der Waals surface area contributed by atoms with Crippen LogP contribution in [0.4, 0.5) is 13.2 Å². The summed E-state index contributed by atoms with van der Waals surface area (Å²) in [6, 6.07) is 2.27. The van der Waals surface area contributed by atoms with E-state index in [1.54, 1.807) is 0 Å². The molecule has 0 aromatic heterocycles. The van der Waals surface area contributed by atoms with E-state index in [1.807, 2.05) is 0 Å². The van der Waals surface area contributed by atoms with E-state index in [0.717, 1.165) is 13.2 Å². The first kappa shape index (κ1) is 15.3. The first-order valence-corrected chi connectivity index (χ1v) is 5.02. The fourth-order valence-electron chi connectivity index (χ4n) is 1.39. The zero-order valence-electron chi connectivity index (χ0n) is 9.68. The highest BCUT2D eigenvalue weighted by atomic mass is 19.4. The number of aliphatic carboxylic acids is 1. The summed E-state index contributed by atoms with van der Waals surface area (Å²) in [5.74, 6) is -1.95. The van der Waals surface area contributed by atoms with Crippen molar-refractivity contribution in [1.29, 1.82) is 0 Å². The van der Waals surface area contributed by atoms with E-state index in [-0.39, 0.29) is 5.75 Å². The minimum absolute atomic E-state index is 0.207. The predicted molar refractivity (Wildman–Crippen MR) is 56.6 cm³/mol. The molecule has 0 saturated carbocycles. The van der Waals surface area contributed by atoms with Gasteiger partial charge in [-0.1, -0.05) is 0 Å². The highest BCUT2D eigenvalue weighted by molar-refractivity contribution is 5.73. The van der Waals surface area contributed by atoms with Crippen molar-refractivity contribution in [2.45, 2.75) is 18.4 Å². The van der Waals surface area contributed by atoms with Gasteiger partial charge in [0.15, 0.2) is 6.10 Å². The van der Waals surface area contributed by atoms with E-state index < -0.39 is 35.5 Å². The number of ether oxygens (including phenoxy) is 1. The Hall–Kier alpha value is -1.80. The molecule has 0 radical (unpaired) electrons. The minimum Gasteiger partial charge on any atom is -0.497 e. The van der Waals surface area contributed by atoms with Crippen LogP contribution in [0.5, 0.6) is 5.75 Å². The Morgan fingerprint density at radius 3 is 2.26 bits per heavy atom. The second-order valence-electron chi connectivity index (χ2n) is 3.72. The monoisotopic (exact) mass is 280 g/mol. The fourth-order valence-corrected chi connectivity index (χ4v) is 1.39. The first-order chi connectivity index (χ1) is 8.66. The SMILES string of the molecule is COc1cc(C(O)C(O)C(=O)O)cc(C(F)(F)F)c1. The molecule has 0 heterocycles. The van der Waals surface area contributed by atoms with E-state index >= 15 is 0 Å². The Kier molecular flexibility index (Phi) is 4.38. The standard InChI is InChI=1S/C11H11F3O5/c1-19-7-3-5(8(15)9(16)10(17)18)2-6(4-7)11(12,13)14/h2-4,8-9,15-16H,1H3,(H,17,18). The van der Waals surface area contributed by atoms with Crippen molar-refractivity contribution in [3.63, 3.8) is 0 Å². The lowest BCUT2D eigenvalue weighted by atomic mass is 10.0. The van der Waals surface area contributed by atoms with Gasteiger partial charge in [0.25, 0.3) is 0 Å². The Morgan fingerprint density at radius 1 is 1.26 bits per heavy atom. The smallest absolute Gasteiger partial charge is 0.416 e. The topological polar surface area (TPSA) is 87.0 Å². The van der Waals surface area contributed by atoms with Crippen LogP contribution in [0.2, 0.25) is 0 Å². The summed E-state index contributed by atoms with van der Waals surface area (Å²) in [5.41, 5.74) is -1.51. The average Bonchev–Trinajstić information content (AvgIpc) is 2.35. The first-order valence-electron chi connectivity index (χ1n) is 5.02. The molecule has 0 saturated heterocycles. The molecule has 0 fully saturated rings. The summed E-state index contributed by atoms with van der Waals surface area (Å²) in [6.07, 6.45) is -8.90. The van der Waals surface area contributed by atoms with Crippen molar-refractivity contribution < 1.29 is 38.0 Å². The molecule has 0 amide bonds. The van der Waals surface area contributed by atoms with Crippen LogP contribution in [0.3, 0.4) is 0 Å². The van der Waals surface area contributed by atoms with Gasteiger partial charge in [0.1, 0.15) is 11.9 Å². The predicted octanol–water partition coefficient (Wildman–Crippen LogP) is 1.19. The zero-order chi connectivity index (χ0) is 14.8. The van der Waals surface area contributed by atoms with Crippen molar-refractivity contribution in [2.24, 2.45) is 0 Å². The van der Waals surface area contributed by atoms with Crippen LogP contribution in [0.15, 0.2) is 18.2 Å². The molecule has 0 aliphatic rings. The third kappa shape index (κ3) is 3.58. The highest BCUT2D eigenvalue weighted by Crippen LogP contribution is 2.34. The summed E-state index contributed by atoms with van der Waals surface area (Å²) in [7, 11) is 1.12. The molecule has 1 aromatic rings. The van der Waals surface area contributed by atoms with Crippen LogP contribution >= 0.6 is 0 Å². The molecule has 19 heavy (non-hydrogen) atoms. The molecular weight excluding hydrogens is 269 g/mol. The van der Waals surface area contributed by atoms with Crippen LogP contribution in [-0.2, 0) is 11.0 Å². The number of aliphatic hydroxyl groups is 2. The quantitative estimate of drug-likeness (QED) is 0.771. The van der Waals surface area contributed by atoms with Crippen LogP contribution < -0.4 is 4.74 Å². The molecule has 106 valence electrons. The summed E-state index contributed by atoms with van der Waals surface area (Å²) >= 11 is 0. The van der Waals surface area contributed by atoms with Crippen molar-refractivity contribution in [3.8, 4) is 5.75 Å². The third-order valence-electron chi connectivity index (χ3n) is 2.39. The Labute approximate surface area is 105 Å². The van der Waals surface area contributed by atoms with E-state index in [4.69, 9.17) is 10.2 Å². The van der Waals surface area contributed by atoms with Gasteiger partial charge in [-0.3, -0.25) is 0 Å². The van der Waals surface area contributed by atoms with Gasteiger partial charge in [-0.2, -0.15) is 13.2 Å². The molecule has 1 aromatic carbocycles. The van der Waals surface area contributed by atoms with Crippen molar-refractivity contribution >= 4 is 5.97 Å². The molecular formula is C11H11F3O5. The number of methoxy groups -OCH3 is 1. The molecule has 1 rings (SSSR count). The lowest BCUT2D eigenvalue weighted by molar-refractivity contribution is -0.153. The van der Waals surface area contributed by atoms with E-state index in [2.05, 4.69) is 4.74 Å². The van der Waals surface area contributed by atoms with Gasteiger partial charge in [-0.15, -0.1) is 0 Å². The van der Waals surface area contributed by atoms with E-state index in [0.29, 0.717) is 12.1 Å². The second-order valence-corrected chi connectivity index (χ2v) is 3.72. The average molecular weight is 280 g/mol. The Morgan fingerprint density at radius 2 is 1.84 bits per heavy atom. The number of carbonyl (C=O) groups is 1. The van der Waals surface area contributed by atoms with Crippen LogP contribution in [-0.4, -0.2) is 34.5 Å². The van der Waals surface area contributed by atoms with Gasteiger partial charge in [0.2, 0.25) is 0 Å². The molecule has 2 unspecified atom stereocenters. The van der Waals surface area contributed by atoms with E-state index in [9.17, 15) is 23.1 Å². The summed E-state index contributed by atoms with van der Waals surface area (Å²) in [4.78, 5) is 10.5. The number of benzene rings is 1. The lowest BCUT2D eigenvalue weighted by Gasteiger charge is -2.17. The fraction of sp³-hybridized carbons (Fsp3) is 0.364. The highest BCUT2D eigenvalue weighted by Gasteiger charge is 2.33. The van der Waals surface area contributed by atoms with Crippen molar-refractivity contribution in [2.75, 3.05) is 7.11 Å². The Balaban J connectivity index is 3.24.